The molecule has 0 aromatic heterocycles. The number of ether oxygens (including phenoxy) is 2. The zero-order valence-electron chi connectivity index (χ0n) is 17.0. The van der Waals surface area contributed by atoms with E-state index >= 15 is 0 Å². The number of carbonyl (C=O) groups excluding carboxylic acids is 3. The number of anilines is 1. The molecule has 1 aliphatic carbocycles. The topological polar surface area (TPSA) is 110 Å². The van der Waals surface area contributed by atoms with E-state index in [0.29, 0.717) is 30.0 Å². The van der Waals surface area contributed by atoms with Crippen molar-refractivity contribution in [3.8, 4) is 11.5 Å². The zero-order chi connectivity index (χ0) is 20.9. The molecular weight excluding hydrogens is 388 g/mol. The molecule has 0 unspecified atom stereocenters. The van der Waals surface area contributed by atoms with Crippen molar-refractivity contribution in [2.45, 2.75) is 44.6 Å². The van der Waals surface area contributed by atoms with Crippen molar-refractivity contribution in [1.29, 1.82) is 0 Å². The van der Waals surface area contributed by atoms with Crippen LogP contribution in [-0.4, -0.2) is 50.3 Å². The second-order valence-corrected chi connectivity index (χ2v) is 8.26. The van der Waals surface area contributed by atoms with Crippen LogP contribution in [0, 0.1) is 5.92 Å². The fraction of sp³-hybridized carbons (Fsp3) is 0.571. The van der Waals surface area contributed by atoms with Gasteiger partial charge in [0.2, 0.25) is 12.7 Å². The average Bonchev–Trinajstić information content (AvgIpc) is 3.39. The van der Waals surface area contributed by atoms with Gasteiger partial charge >= 0.3 is 6.03 Å². The summed E-state index contributed by atoms with van der Waals surface area (Å²) < 4.78 is 10.6. The van der Waals surface area contributed by atoms with Crippen molar-refractivity contribution in [3.05, 3.63) is 18.2 Å². The van der Waals surface area contributed by atoms with Crippen molar-refractivity contribution in [2.24, 2.45) is 5.92 Å². The molecular formula is C21H29N4O5+. The van der Waals surface area contributed by atoms with Gasteiger partial charge in [-0.1, -0.05) is 12.8 Å². The van der Waals surface area contributed by atoms with Crippen LogP contribution in [0.3, 0.4) is 0 Å². The number of benzene rings is 1. The Morgan fingerprint density at radius 2 is 1.73 bits per heavy atom. The van der Waals surface area contributed by atoms with E-state index < -0.39 is 6.03 Å². The van der Waals surface area contributed by atoms with Crippen LogP contribution in [0.2, 0.25) is 0 Å². The van der Waals surface area contributed by atoms with E-state index in [2.05, 4.69) is 16.0 Å². The summed E-state index contributed by atoms with van der Waals surface area (Å²) >= 11 is 0. The van der Waals surface area contributed by atoms with Gasteiger partial charge in [-0.2, -0.15) is 0 Å². The maximum atomic E-state index is 12.6. The molecule has 1 aromatic rings. The summed E-state index contributed by atoms with van der Waals surface area (Å²) in [6, 6.07) is 5.13. The van der Waals surface area contributed by atoms with Crippen molar-refractivity contribution in [2.75, 3.05) is 31.7 Å². The van der Waals surface area contributed by atoms with Crippen LogP contribution in [0.1, 0.15) is 38.5 Å². The van der Waals surface area contributed by atoms with E-state index in [-0.39, 0.29) is 37.1 Å². The Labute approximate surface area is 175 Å². The summed E-state index contributed by atoms with van der Waals surface area (Å²) in [6.07, 6.45) is 5.62. The number of hydrogen-bond acceptors (Lipinski definition) is 5. The maximum absolute atomic E-state index is 12.6. The highest BCUT2D eigenvalue weighted by Gasteiger charge is 2.29. The first kappa shape index (κ1) is 20.5. The zero-order valence-corrected chi connectivity index (χ0v) is 17.0. The number of nitrogens with one attached hydrogen (secondary N) is 4. The molecule has 0 atom stereocenters. The fourth-order valence-electron chi connectivity index (χ4n) is 4.37. The van der Waals surface area contributed by atoms with E-state index in [9.17, 15) is 14.4 Å². The molecule has 0 radical (unpaired) electrons. The number of fused-ring (bicyclic) bond motifs is 1. The average molecular weight is 417 g/mol. The summed E-state index contributed by atoms with van der Waals surface area (Å²) in [6.45, 7) is 1.88. The number of amides is 4. The van der Waals surface area contributed by atoms with Crippen molar-refractivity contribution in [3.63, 3.8) is 0 Å². The predicted molar refractivity (Wildman–Crippen MR) is 108 cm³/mol. The first-order valence-electron chi connectivity index (χ1n) is 10.7. The standard InChI is InChI=1S/C21H28N4O5/c26-19(24-21(28)23-15-3-1-2-4-15)12-25-9-7-14(8-10-25)20(27)22-16-5-6-17-18(11-16)30-13-29-17/h5-6,11,14-15H,1-4,7-10,12-13H2,(H,22,27)(H2,23,24,26,28)/p+1. The molecule has 4 amide bonds. The highest BCUT2D eigenvalue weighted by atomic mass is 16.7. The summed E-state index contributed by atoms with van der Waals surface area (Å²) in [5, 5.41) is 8.23. The number of likely N-dealkylation sites (tertiary alicyclic amines) is 1. The predicted octanol–water partition coefficient (Wildman–Crippen LogP) is 0.417. The van der Waals surface area contributed by atoms with Crippen molar-refractivity contribution >= 4 is 23.5 Å². The van der Waals surface area contributed by atoms with Crippen molar-refractivity contribution in [1.82, 2.24) is 10.6 Å². The van der Waals surface area contributed by atoms with E-state index in [1.54, 1.807) is 18.2 Å². The number of piperidine rings is 1. The lowest BCUT2D eigenvalue weighted by atomic mass is 9.96. The van der Waals surface area contributed by atoms with Crippen LogP contribution in [0.4, 0.5) is 10.5 Å². The van der Waals surface area contributed by atoms with Gasteiger partial charge in [0.15, 0.2) is 18.0 Å². The van der Waals surface area contributed by atoms with Crippen LogP contribution in [0.5, 0.6) is 11.5 Å². The Bertz CT molecular complexity index is 801. The number of carbonyl (C=O) groups is 3. The Kier molecular flexibility index (Phi) is 6.37. The molecule has 9 nitrogen and oxygen atoms in total. The Hall–Kier alpha value is -2.81. The van der Waals surface area contributed by atoms with Gasteiger partial charge in [-0.3, -0.25) is 14.9 Å². The molecule has 0 bridgehead atoms. The van der Waals surface area contributed by atoms with Gasteiger partial charge in [0, 0.05) is 36.6 Å². The second-order valence-electron chi connectivity index (χ2n) is 8.26. The molecule has 0 spiro atoms. The summed E-state index contributed by atoms with van der Waals surface area (Å²) in [5.41, 5.74) is 0.687. The molecule has 162 valence electrons. The third-order valence-corrected chi connectivity index (χ3v) is 6.06. The van der Waals surface area contributed by atoms with Crippen LogP contribution >= 0.6 is 0 Å². The third-order valence-electron chi connectivity index (χ3n) is 6.06. The minimum absolute atomic E-state index is 0.0201. The van der Waals surface area contributed by atoms with Crippen molar-refractivity contribution < 1.29 is 28.8 Å². The van der Waals surface area contributed by atoms with Gasteiger partial charge in [0.1, 0.15) is 0 Å². The molecule has 9 heteroatoms. The van der Waals surface area contributed by atoms with E-state index in [1.807, 2.05) is 0 Å². The summed E-state index contributed by atoms with van der Waals surface area (Å²) in [4.78, 5) is 37.7. The smallest absolute Gasteiger partial charge is 0.321 e. The Morgan fingerprint density at radius 3 is 2.50 bits per heavy atom. The number of quaternary nitrogens is 1. The lowest BCUT2D eigenvalue weighted by Gasteiger charge is -2.28. The number of rotatable bonds is 5. The molecule has 2 heterocycles. The lowest BCUT2D eigenvalue weighted by Crippen LogP contribution is -3.14. The van der Waals surface area contributed by atoms with Crippen LogP contribution in [0.25, 0.3) is 0 Å². The minimum Gasteiger partial charge on any atom is -0.454 e. The largest absolute Gasteiger partial charge is 0.454 e. The van der Waals surface area contributed by atoms with Gasteiger partial charge in [-0.05, 0) is 25.0 Å². The highest BCUT2D eigenvalue weighted by molar-refractivity contribution is 5.95. The van der Waals surface area contributed by atoms with E-state index in [4.69, 9.17) is 9.47 Å². The number of urea groups is 1. The molecule has 2 aliphatic heterocycles. The molecule has 1 aromatic carbocycles. The number of hydrogen-bond donors (Lipinski definition) is 4. The molecule has 4 rings (SSSR count). The molecule has 1 saturated heterocycles. The quantitative estimate of drug-likeness (QED) is 0.555. The Balaban J connectivity index is 1.17. The fourth-order valence-corrected chi connectivity index (χ4v) is 4.37. The number of imide groups is 1. The minimum atomic E-state index is -0.399. The molecule has 4 N–H and O–H groups in total. The first-order valence-corrected chi connectivity index (χ1v) is 10.7. The highest BCUT2D eigenvalue weighted by Crippen LogP contribution is 2.34. The molecule has 30 heavy (non-hydrogen) atoms. The Morgan fingerprint density at radius 1 is 1.00 bits per heavy atom. The van der Waals surface area contributed by atoms with Gasteiger partial charge in [-0.25, -0.2) is 4.79 Å². The molecule has 2 fully saturated rings. The normalized spacial score (nSPS) is 23.1. The molecule has 3 aliphatic rings. The summed E-state index contributed by atoms with van der Waals surface area (Å²) in [7, 11) is 0. The van der Waals surface area contributed by atoms with E-state index in [0.717, 1.165) is 43.7 Å². The second kappa shape index (κ2) is 9.34. The summed E-state index contributed by atoms with van der Waals surface area (Å²) in [5.74, 6) is 0.931. The lowest BCUT2D eigenvalue weighted by molar-refractivity contribution is -0.897. The van der Waals surface area contributed by atoms with Gasteiger partial charge in [-0.15, -0.1) is 0 Å². The van der Waals surface area contributed by atoms with Crippen LogP contribution < -0.4 is 30.3 Å². The monoisotopic (exact) mass is 417 g/mol. The van der Waals surface area contributed by atoms with Gasteiger partial charge < -0.3 is 25.0 Å². The SMILES string of the molecule is O=C(C[NH+]1CCC(C(=O)Nc2ccc3c(c2)OCO3)CC1)NC(=O)NC1CCCC1. The first-order chi connectivity index (χ1) is 14.6. The maximum Gasteiger partial charge on any atom is 0.321 e. The van der Waals surface area contributed by atoms with Gasteiger partial charge in [0.25, 0.3) is 5.91 Å². The van der Waals surface area contributed by atoms with E-state index in [1.165, 1.54) is 0 Å². The van der Waals surface area contributed by atoms with Gasteiger partial charge in [0.05, 0.1) is 13.1 Å². The van der Waals surface area contributed by atoms with Crippen LogP contribution in [0.15, 0.2) is 18.2 Å². The van der Waals surface area contributed by atoms with Crippen LogP contribution in [-0.2, 0) is 9.59 Å². The molecule has 1 saturated carbocycles. The third kappa shape index (κ3) is 5.21.